The van der Waals surface area contributed by atoms with E-state index in [0.717, 1.165) is 66.7 Å². The molecule has 4 nitrogen and oxygen atoms in total. The fourth-order valence-electron chi connectivity index (χ4n) is 8.82. The molecule has 49 heavy (non-hydrogen) atoms. The Balaban J connectivity index is 1.38. The summed E-state index contributed by atoms with van der Waals surface area (Å²) in [4.78, 5) is 0.740. The molecule has 6 heteroatoms. The van der Waals surface area contributed by atoms with Crippen molar-refractivity contribution in [3.8, 4) is 44.5 Å². The van der Waals surface area contributed by atoms with Gasteiger partial charge >= 0.3 is 7.12 Å². The highest BCUT2D eigenvalue weighted by molar-refractivity contribution is 7.92. The van der Waals surface area contributed by atoms with Crippen LogP contribution in [0.5, 0.6) is 0 Å². The van der Waals surface area contributed by atoms with Gasteiger partial charge in [0.2, 0.25) is 9.84 Å². The smallest absolute Gasteiger partial charge is 0.399 e. The van der Waals surface area contributed by atoms with Gasteiger partial charge in [-0.25, -0.2) is 8.42 Å². The zero-order valence-corrected chi connectivity index (χ0v) is 28.6. The molecule has 0 aromatic heterocycles. The van der Waals surface area contributed by atoms with Crippen molar-refractivity contribution in [3.63, 3.8) is 0 Å². The molecule has 2 aliphatic carbocycles. The predicted octanol–water partition coefficient (Wildman–Crippen LogP) is 8.81. The summed E-state index contributed by atoms with van der Waals surface area (Å²) in [6.45, 7) is 8.33. The number of fused-ring (bicyclic) bond motifs is 16. The molecule has 1 unspecified atom stereocenters. The lowest BCUT2D eigenvalue weighted by Crippen LogP contribution is -2.41. The summed E-state index contributed by atoms with van der Waals surface area (Å²) in [6.07, 6.45) is 0. The third-order valence-corrected chi connectivity index (χ3v) is 13.6. The molecular weight excluding hydrogens is 623 g/mol. The van der Waals surface area contributed by atoms with Crippen LogP contribution in [0.2, 0.25) is 0 Å². The highest BCUT2D eigenvalue weighted by atomic mass is 32.2. The van der Waals surface area contributed by atoms with Crippen LogP contribution in [0.15, 0.2) is 137 Å². The van der Waals surface area contributed by atoms with Crippen LogP contribution in [0.3, 0.4) is 0 Å². The van der Waals surface area contributed by atoms with Gasteiger partial charge in [0.1, 0.15) is 0 Å². The van der Waals surface area contributed by atoms with Crippen molar-refractivity contribution in [2.24, 2.45) is 0 Å². The standard InChI is InChI=1S/C43H33BO4S/c1-41(2)42(3,4)48-44(47-41)26-21-22-30-28-14-6-5-13-27(28)29-15-7-10-18-33(29)43(36(30)25-26)34-19-11-8-16-31(34)39-35(43)23-24-38-40(39)32-17-9-12-20-37(32)49(38,45)46/h5-25H,1-4H3. The molecule has 0 bridgehead atoms. The molecule has 10 rings (SSSR count). The third-order valence-electron chi connectivity index (χ3n) is 11.7. The fraction of sp³-hybridized carbons (Fsp3) is 0.163. The van der Waals surface area contributed by atoms with E-state index in [0.29, 0.717) is 9.79 Å². The van der Waals surface area contributed by atoms with Crippen LogP contribution in [-0.4, -0.2) is 26.7 Å². The predicted molar refractivity (Wildman–Crippen MR) is 195 cm³/mol. The molecule has 0 amide bonds. The Morgan fingerprint density at radius 3 is 1.67 bits per heavy atom. The molecule has 1 fully saturated rings. The summed E-state index contributed by atoms with van der Waals surface area (Å²) in [5.74, 6) is 0. The first kappa shape index (κ1) is 29.2. The number of benzene rings is 6. The van der Waals surface area contributed by atoms with Crippen LogP contribution in [0.1, 0.15) is 49.9 Å². The minimum absolute atomic E-state index is 0.369. The van der Waals surface area contributed by atoms with Crippen molar-refractivity contribution in [1.82, 2.24) is 0 Å². The monoisotopic (exact) mass is 656 g/mol. The quantitative estimate of drug-likeness (QED) is 0.166. The zero-order chi connectivity index (χ0) is 33.5. The van der Waals surface area contributed by atoms with Gasteiger partial charge in [0, 0.05) is 11.1 Å². The van der Waals surface area contributed by atoms with Crippen LogP contribution in [0.25, 0.3) is 44.5 Å². The van der Waals surface area contributed by atoms with E-state index in [-0.39, 0.29) is 0 Å². The maximum Gasteiger partial charge on any atom is 0.494 e. The normalized spacial score (nSPS) is 20.8. The van der Waals surface area contributed by atoms with Gasteiger partial charge in [-0.2, -0.15) is 0 Å². The maximum atomic E-state index is 14.0. The Morgan fingerprint density at radius 1 is 0.469 bits per heavy atom. The second-order valence-electron chi connectivity index (χ2n) is 14.6. The van der Waals surface area contributed by atoms with Crippen LogP contribution >= 0.6 is 0 Å². The van der Waals surface area contributed by atoms with E-state index in [1.165, 1.54) is 5.56 Å². The molecule has 2 heterocycles. The van der Waals surface area contributed by atoms with E-state index in [1.54, 1.807) is 6.07 Å². The highest BCUT2D eigenvalue weighted by Gasteiger charge is 2.54. The van der Waals surface area contributed by atoms with Gasteiger partial charge in [0.05, 0.1) is 26.4 Å². The van der Waals surface area contributed by atoms with E-state index in [1.807, 2.05) is 24.3 Å². The van der Waals surface area contributed by atoms with Crippen molar-refractivity contribution >= 4 is 22.4 Å². The molecule has 1 spiro atoms. The van der Waals surface area contributed by atoms with Gasteiger partial charge in [-0.1, -0.05) is 115 Å². The Kier molecular flexibility index (Phi) is 5.65. The van der Waals surface area contributed by atoms with Crippen molar-refractivity contribution in [2.45, 2.75) is 54.1 Å². The Bertz CT molecular complexity index is 2530. The molecule has 2 aliphatic heterocycles. The molecule has 1 saturated heterocycles. The second-order valence-corrected chi connectivity index (χ2v) is 16.5. The zero-order valence-electron chi connectivity index (χ0n) is 27.7. The summed E-state index contributed by atoms with van der Waals surface area (Å²) in [5, 5.41) is 0. The van der Waals surface area contributed by atoms with Crippen LogP contribution in [-0.2, 0) is 24.6 Å². The van der Waals surface area contributed by atoms with Gasteiger partial charge in [0.25, 0.3) is 0 Å². The van der Waals surface area contributed by atoms with E-state index in [4.69, 9.17) is 9.31 Å². The van der Waals surface area contributed by atoms with Crippen LogP contribution in [0, 0.1) is 0 Å². The topological polar surface area (TPSA) is 52.6 Å². The molecule has 6 aromatic carbocycles. The minimum atomic E-state index is -3.68. The van der Waals surface area contributed by atoms with E-state index in [2.05, 4.69) is 125 Å². The van der Waals surface area contributed by atoms with Crippen LogP contribution in [0.4, 0.5) is 0 Å². The molecule has 1 atom stereocenters. The molecule has 238 valence electrons. The van der Waals surface area contributed by atoms with Gasteiger partial charge in [-0.05, 0) is 101 Å². The van der Waals surface area contributed by atoms with E-state index >= 15 is 0 Å². The maximum absolute atomic E-state index is 14.0. The number of sulfone groups is 1. The minimum Gasteiger partial charge on any atom is -0.399 e. The Hall–Kier alpha value is -4.75. The second kappa shape index (κ2) is 9.48. The lowest BCUT2D eigenvalue weighted by atomic mass is 9.64. The summed E-state index contributed by atoms with van der Waals surface area (Å²) in [7, 11) is -4.22. The number of rotatable bonds is 1. The van der Waals surface area contributed by atoms with E-state index in [9.17, 15) is 8.42 Å². The largest absolute Gasteiger partial charge is 0.494 e. The lowest BCUT2D eigenvalue weighted by molar-refractivity contribution is 0.00578. The van der Waals surface area contributed by atoms with Gasteiger partial charge < -0.3 is 9.31 Å². The molecule has 4 aliphatic rings. The average Bonchev–Trinajstić information content (AvgIpc) is 3.59. The van der Waals surface area contributed by atoms with Crippen molar-refractivity contribution < 1.29 is 17.7 Å². The highest BCUT2D eigenvalue weighted by Crippen LogP contribution is 2.64. The summed E-state index contributed by atoms with van der Waals surface area (Å²) < 4.78 is 41.3. The summed E-state index contributed by atoms with van der Waals surface area (Å²) in [6, 6.07) is 44.0. The van der Waals surface area contributed by atoms with E-state index < -0.39 is 33.6 Å². The number of hydrogen-bond donors (Lipinski definition) is 0. The molecule has 0 saturated carbocycles. The van der Waals surface area contributed by atoms with Crippen molar-refractivity contribution in [1.29, 1.82) is 0 Å². The van der Waals surface area contributed by atoms with Crippen molar-refractivity contribution in [3.05, 3.63) is 150 Å². The lowest BCUT2D eigenvalue weighted by Gasteiger charge is -2.36. The Morgan fingerprint density at radius 2 is 1.00 bits per heavy atom. The first-order valence-corrected chi connectivity index (χ1v) is 18.4. The van der Waals surface area contributed by atoms with Crippen molar-refractivity contribution in [2.75, 3.05) is 0 Å². The van der Waals surface area contributed by atoms with Gasteiger partial charge in [-0.15, -0.1) is 0 Å². The van der Waals surface area contributed by atoms with Gasteiger partial charge in [0.15, 0.2) is 0 Å². The first-order chi connectivity index (χ1) is 23.6. The number of hydrogen-bond acceptors (Lipinski definition) is 4. The third kappa shape index (κ3) is 3.54. The average molecular weight is 657 g/mol. The molecule has 0 N–H and O–H groups in total. The first-order valence-electron chi connectivity index (χ1n) is 16.9. The summed E-state index contributed by atoms with van der Waals surface area (Å²) >= 11 is 0. The van der Waals surface area contributed by atoms with Gasteiger partial charge in [-0.3, -0.25) is 0 Å². The molecular formula is C43H33BO4S. The Labute approximate surface area is 287 Å². The fourth-order valence-corrected chi connectivity index (χ4v) is 10.5. The SMILES string of the molecule is CC1(C)OB(c2ccc3c(c2)C2(c4ccccc4-c4ccccc4-3)c3ccccc3-c3c2ccc2c3-c3ccccc3S2(=O)=O)OC1(C)C. The van der Waals surface area contributed by atoms with Crippen LogP contribution < -0.4 is 5.46 Å². The molecule has 6 aromatic rings. The molecule has 0 radical (unpaired) electrons. The summed E-state index contributed by atoms with van der Waals surface area (Å²) in [5.41, 5.74) is 11.9.